The van der Waals surface area contributed by atoms with Gasteiger partial charge >= 0.3 is 0 Å². The van der Waals surface area contributed by atoms with Crippen molar-refractivity contribution in [3.8, 4) is 0 Å². The highest BCUT2D eigenvalue weighted by molar-refractivity contribution is 5.59. The summed E-state index contributed by atoms with van der Waals surface area (Å²) in [7, 11) is 0. The average Bonchev–Trinajstić information content (AvgIpc) is 1.87. The van der Waals surface area contributed by atoms with E-state index in [9.17, 15) is 4.79 Å². The number of carbonyl (C=O) groups excluding carboxylic acids is 1. The van der Waals surface area contributed by atoms with E-state index in [0.717, 1.165) is 6.29 Å². The predicted octanol–water partition coefficient (Wildman–Crippen LogP) is 1.95. The molecule has 0 saturated carbocycles. The Morgan fingerprint density at radius 2 is 2.10 bits per heavy atom. The third-order valence-electron chi connectivity index (χ3n) is 1.96. The molecule has 0 bridgehead atoms. The molecule has 54 valence electrons. The molecule has 1 heteroatoms. The van der Waals surface area contributed by atoms with Crippen molar-refractivity contribution in [2.45, 2.75) is 13.8 Å². The second-order valence-corrected chi connectivity index (χ2v) is 3.23. The summed E-state index contributed by atoms with van der Waals surface area (Å²) in [6.07, 6.45) is 8.91. The maximum Gasteiger partial charge on any atom is 0.127 e. The van der Waals surface area contributed by atoms with Crippen LogP contribution in [-0.2, 0) is 4.79 Å². The van der Waals surface area contributed by atoms with Crippen molar-refractivity contribution in [2.24, 2.45) is 11.3 Å². The number of hydrogen-bond acceptors (Lipinski definition) is 1. The van der Waals surface area contributed by atoms with Crippen LogP contribution in [0.3, 0.4) is 0 Å². The van der Waals surface area contributed by atoms with Gasteiger partial charge in [-0.25, -0.2) is 0 Å². The van der Waals surface area contributed by atoms with Gasteiger partial charge in [0.2, 0.25) is 0 Å². The first-order valence-corrected chi connectivity index (χ1v) is 3.48. The molecule has 1 rings (SSSR count). The number of hydrogen-bond donors (Lipinski definition) is 0. The van der Waals surface area contributed by atoms with E-state index in [2.05, 4.69) is 19.9 Å². The molecule has 0 heterocycles. The first-order valence-electron chi connectivity index (χ1n) is 3.48. The molecule has 0 fully saturated rings. The molecular weight excluding hydrogens is 124 g/mol. The Morgan fingerprint density at radius 1 is 1.40 bits per heavy atom. The van der Waals surface area contributed by atoms with Crippen LogP contribution in [0.2, 0.25) is 0 Å². The zero-order chi connectivity index (χ0) is 7.61. The monoisotopic (exact) mass is 136 g/mol. The molecule has 1 atom stereocenters. The highest BCUT2D eigenvalue weighted by atomic mass is 16.1. The van der Waals surface area contributed by atoms with Gasteiger partial charge in [0.15, 0.2) is 0 Å². The second kappa shape index (κ2) is 2.41. The summed E-state index contributed by atoms with van der Waals surface area (Å²) in [5.74, 6) is 0.0532. The lowest BCUT2D eigenvalue weighted by Crippen LogP contribution is -2.22. The van der Waals surface area contributed by atoms with Crippen molar-refractivity contribution in [3.63, 3.8) is 0 Å². The summed E-state index contributed by atoms with van der Waals surface area (Å²) in [6, 6.07) is 0. The maximum atomic E-state index is 10.5. The Hall–Kier alpha value is -0.850. The van der Waals surface area contributed by atoms with Crippen molar-refractivity contribution in [2.75, 3.05) is 0 Å². The van der Waals surface area contributed by atoms with Crippen molar-refractivity contribution >= 4 is 6.29 Å². The molecule has 1 aliphatic rings. The van der Waals surface area contributed by atoms with Gasteiger partial charge in [0.05, 0.1) is 0 Å². The van der Waals surface area contributed by atoms with E-state index in [4.69, 9.17) is 0 Å². The Morgan fingerprint density at radius 3 is 2.50 bits per heavy atom. The SMILES string of the molecule is CC1(C)C=CC=CC1C=O. The summed E-state index contributed by atoms with van der Waals surface area (Å²) in [6.45, 7) is 4.12. The van der Waals surface area contributed by atoms with Crippen molar-refractivity contribution in [1.82, 2.24) is 0 Å². The lowest BCUT2D eigenvalue weighted by molar-refractivity contribution is -0.111. The molecule has 0 aliphatic heterocycles. The molecule has 0 aromatic heterocycles. The fraction of sp³-hybridized carbons (Fsp3) is 0.444. The highest BCUT2D eigenvalue weighted by Crippen LogP contribution is 2.30. The molecule has 0 amide bonds. The standard InChI is InChI=1S/C9H12O/c1-9(2)6-4-3-5-8(9)7-10/h3-8H,1-2H3. The van der Waals surface area contributed by atoms with Crippen LogP contribution in [0.15, 0.2) is 24.3 Å². The van der Waals surface area contributed by atoms with Crippen LogP contribution in [0.1, 0.15) is 13.8 Å². The van der Waals surface area contributed by atoms with Crippen LogP contribution in [0, 0.1) is 11.3 Å². The van der Waals surface area contributed by atoms with E-state index < -0.39 is 0 Å². The minimum atomic E-state index is 0.0104. The minimum Gasteiger partial charge on any atom is -0.303 e. The second-order valence-electron chi connectivity index (χ2n) is 3.23. The molecule has 0 spiro atoms. The molecule has 0 saturated heterocycles. The number of carbonyl (C=O) groups is 1. The fourth-order valence-corrected chi connectivity index (χ4v) is 1.07. The summed E-state index contributed by atoms with van der Waals surface area (Å²) in [5.41, 5.74) is 0.0104. The number of rotatable bonds is 1. The van der Waals surface area contributed by atoms with Gasteiger partial charge in [-0.3, -0.25) is 0 Å². The van der Waals surface area contributed by atoms with Gasteiger partial charge in [-0.2, -0.15) is 0 Å². The molecule has 0 N–H and O–H groups in total. The minimum absolute atomic E-state index is 0.0104. The van der Waals surface area contributed by atoms with Gasteiger partial charge in [0, 0.05) is 5.92 Å². The first-order chi connectivity index (χ1) is 4.67. The quantitative estimate of drug-likeness (QED) is 0.503. The molecule has 10 heavy (non-hydrogen) atoms. The van der Waals surface area contributed by atoms with Gasteiger partial charge in [0.1, 0.15) is 6.29 Å². The normalized spacial score (nSPS) is 28.4. The van der Waals surface area contributed by atoms with Gasteiger partial charge < -0.3 is 4.79 Å². The van der Waals surface area contributed by atoms with E-state index in [1.807, 2.05) is 18.2 Å². The molecule has 1 aliphatic carbocycles. The smallest absolute Gasteiger partial charge is 0.127 e. The fourth-order valence-electron chi connectivity index (χ4n) is 1.07. The zero-order valence-electron chi connectivity index (χ0n) is 6.37. The Bertz CT molecular complexity index is 187. The van der Waals surface area contributed by atoms with E-state index in [0.29, 0.717) is 0 Å². The maximum absolute atomic E-state index is 10.5. The molecule has 0 aromatic carbocycles. The van der Waals surface area contributed by atoms with Crippen LogP contribution < -0.4 is 0 Å². The molecule has 1 unspecified atom stereocenters. The Labute approximate surface area is 61.4 Å². The molecule has 0 aromatic rings. The van der Waals surface area contributed by atoms with E-state index >= 15 is 0 Å². The summed E-state index contributed by atoms with van der Waals surface area (Å²) < 4.78 is 0. The number of aldehydes is 1. The lowest BCUT2D eigenvalue weighted by atomic mass is 9.77. The van der Waals surface area contributed by atoms with Crippen molar-refractivity contribution < 1.29 is 4.79 Å². The van der Waals surface area contributed by atoms with Gasteiger partial charge in [-0.1, -0.05) is 38.2 Å². The third kappa shape index (κ3) is 1.18. The van der Waals surface area contributed by atoms with Crippen molar-refractivity contribution in [3.05, 3.63) is 24.3 Å². The summed E-state index contributed by atoms with van der Waals surface area (Å²) in [5, 5.41) is 0. The number of allylic oxidation sites excluding steroid dienone is 4. The van der Waals surface area contributed by atoms with Crippen LogP contribution in [0.25, 0.3) is 0 Å². The largest absolute Gasteiger partial charge is 0.303 e. The van der Waals surface area contributed by atoms with Crippen LogP contribution >= 0.6 is 0 Å². The van der Waals surface area contributed by atoms with E-state index in [-0.39, 0.29) is 11.3 Å². The van der Waals surface area contributed by atoms with Crippen molar-refractivity contribution in [1.29, 1.82) is 0 Å². The summed E-state index contributed by atoms with van der Waals surface area (Å²) in [4.78, 5) is 10.5. The molecular formula is C9H12O. The van der Waals surface area contributed by atoms with Crippen LogP contribution in [0.5, 0.6) is 0 Å². The highest BCUT2D eigenvalue weighted by Gasteiger charge is 2.25. The van der Waals surface area contributed by atoms with E-state index in [1.54, 1.807) is 0 Å². The van der Waals surface area contributed by atoms with Gasteiger partial charge in [-0.15, -0.1) is 0 Å². The van der Waals surface area contributed by atoms with Gasteiger partial charge in [0.25, 0.3) is 0 Å². The first kappa shape index (κ1) is 7.26. The Kier molecular flexibility index (Phi) is 1.75. The lowest BCUT2D eigenvalue weighted by Gasteiger charge is -2.26. The molecule has 0 radical (unpaired) electrons. The van der Waals surface area contributed by atoms with Gasteiger partial charge in [-0.05, 0) is 5.41 Å². The van der Waals surface area contributed by atoms with Crippen LogP contribution in [-0.4, -0.2) is 6.29 Å². The average molecular weight is 136 g/mol. The Balaban J connectivity index is 2.84. The van der Waals surface area contributed by atoms with E-state index in [1.165, 1.54) is 0 Å². The zero-order valence-corrected chi connectivity index (χ0v) is 6.37. The molecule has 1 nitrogen and oxygen atoms in total. The predicted molar refractivity (Wildman–Crippen MR) is 41.6 cm³/mol. The topological polar surface area (TPSA) is 17.1 Å². The third-order valence-corrected chi connectivity index (χ3v) is 1.96. The van der Waals surface area contributed by atoms with Crippen LogP contribution in [0.4, 0.5) is 0 Å². The summed E-state index contributed by atoms with van der Waals surface area (Å²) >= 11 is 0.